The lowest BCUT2D eigenvalue weighted by molar-refractivity contribution is -0.128. The smallest absolute Gasteiger partial charge is 0.139 e. The highest BCUT2D eigenvalue weighted by Gasteiger charge is 2.28. The molecule has 0 N–H and O–H groups in total. The van der Waals surface area contributed by atoms with Crippen molar-refractivity contribution >= 4 is 5.78 Å². The van der Waals surface area contributed by atoms with E-state index in [4.69, 9.17) is 0 Å². The lowest BCUT2D eigenvalue weighted by Gasteiger charge is -2.27. The van der Waals surface area contributed by atoms with E-state index >= 15 is 0 Å². The van der Waals surface area contributed by atoms with Crippen molar-refractivity contribution < 1.29 is 4.79 Å². The Morgan fingerprint density at radius 2 is 1.35 bits per heavy atom. The number of benzene rings is 1. The van der Waals surface area contributed by atoms with E-state index in [1.165, 1.54) is 69.8 Å². The SMILES string of the molecule is C=CCc1ccccc1.O=C(C1CCCCC1)C1CCCCC1. The predicted octanol–water partition coefficient (Wildman–Crippen LogP) is 6.13. The number of rotatable bonds is 4. The fraction of sp³-hybridized carbons (Fsp3) is 0.591. The van der Waals surface area contributed by atoms with Gasteiger partial charge in [0.05, 0.1) is 0 Å². The maximum Gasteiger partial charge on any atom is 0.139 e. The lowest BCUT2D eigenvalue weighted by atomic mass is 9.77. The van der Waals surface area contributed by atoms with Crippen molar-refractivity contribution in [2.75, 3.05) is 0 Å². The van der Waals surface area contributed by atoms with E-state index in [0.29, 0.717) is 17.6 Å². The summed E-state index contributed by atoms with van der Waals surface area (Å²) in [6.45, 7) is 3.66. The number of allylic oxidation sites excluding steroid dienone is 1. The van der Waals surface area contributed by atoms with Crippen molar-refractivity contribution in [2.24, 2.45) is 11.8 Å². The van der Waals surface area contributed by atoms with Gasteiger partial charge in [-0.2, -0.15) is 0 Å². The van der Waals surface area contributed by atoms with Gasteiger partial charge in [0.15, 0.2) is 0 Å². The van der Waals surface area contributed by atoms with Gasteiger partial charge in [-0.3, -0.25) is 4.79 Å². The predicted molar refractivity (Wildman–Crippen MR) is 98.5 cm³/mol. The zero-order valence-corrected chi connectivity index (χ0v) is 14.5. The van der Waals surface area contributed by atoms with E-state index in [0.717, 1.165) is 6.42 Å². The molecule has 1 aromatic rings. The number of hydrogen-bond donors (Lipinski definition) is 0. The molecule has 2 fully saturated rings. The van der Waals surface area contributed by atoms with Crippen LogP contribution in [0.25, 0.3) is 0 Å². The van der Waals surface area contributed by atoms with Gasteiger partial charge < -0.3 is 0 Å². The third-order valence-electron chi connectivity index (χ3n) is 5.24. The summed E-state index contributed by atoms with van der Waals surface area (Å²) >= 11 is 0. The Kier molecular flexibility index (Phi) is 8.14. The van der Waals surface area contributed by atoms with Gasteiger partial charge in [-0.15, -0.1) is 6.58 Å². The van der Waals surface area contributed by atoms with Gasteiger partial charge in [-0.05, 0) is 37.7 Å². The van der Waals surface area contributed by atoms with Crippen LogP contribution in [0.3, 0.4) is 0 Å². The molecule has 1 heteroatoms. The molecule has 0 spiro atoms. The van der Waals surface area contributed by atoms with Crippen LogP contribution in [0.4, 0.5) is 0 Å². The van der Waals surface area contributed by atoms with Crippen molar-refractivity contribution in [1.82, 2.24) is 0 Å². The average molecular weight is 312 g/mol. The molecule has 2 saturated carbocycles. The first-order valence-electron chi connectivity index (χ1n) is 9.50. The molecule has 0 aromatic heterocycles. The molecule has 2 aliphatic carbocycles. The van der Waals surface area contributed by atoms with Crippen LogP contribution < -0.4 is 0 Å². The molecule has 0 aliphatic heterocycles. The summed E-state index contributed by atoms with van der Waals surface area (Å²) in [4.78, 5) is 12.2. The molecule has 0 heterocycles. The Labute approximate surface area is 142 Å². The van der Waals surface area contributed by atoms with E-state index in [2.05, 4.69) is 18.7 Å². The van der Waals surface area contributed by atoms with Gasteiger partial charge in [-0.1, -0.05) is 74.9 Å². The molecule has 0 saturated heterocycles. The van der Waals surface area contributed by atoms with Crippen molar-refractivity contribution in [2.45, 2.75) is 70.6 Å². The summed E-state index contributed by atoms with van der Waals surface area (Å²) in [6, 6.07) is 10.3. The van der Waals surface area contributed by atoms with Crippen molar-refractivity contribution in [1.29, 1.82) is 0 Å². The zero-order chi connectivity index (χ0) is 16.3. The van der Waals surface area contributed by atoms with Crippen molar-refractivity contribution in [3.05, 3.63) is 48.6 Å². The third kappa shape index (κ3) is 6.33. The second kappa shape index (κ2) is 10.4. The van der Waals surface area contributed by atoms with E-state index in [1.807, 2.05) is 24.3 Å². The Balaban J connectivity index is 0.000000185. The molecule has 0 unspecified atom stereocenters. The average Bonchev–Trinajstić information content (AvgIpc) is 2.64. The van der Waals surface area contributed by atoms with Crippen LogP contribution in [0.5, 0.6) is 0 Å². The topological polar surface area (TPSA) is 17.1 Å². The fourth-order valence-corrected chi connectivity index (χ4v) is 3.89. The molecule has 3 rings (SSSR count). The number of Topliss-reactive ketones (excluding diaryl/α,β-unsaturated/α-hetero) is 1. The summed E-state index contributed by atoms with van der Waals surface area (Å²) < 4.78 is 0. The molecule has 2 aliphatic rings. The maximum absolute atomic E-state index is 12.2. The summed E-state index contributed by atoms with van der Waals surface area (Å²) in [6.07, 6.45) is 15.5. The summed E-state index contributed by atoms with van der Waals surface area (Å²) in [7, 11) is 0. The normalized spacial score (nSPS) is 19.5. The van der Waals surface area contributed by atoms with Crippen LogP contribution in [0.15, 0.2) is 43.0 Å². The van der Waals surface area contributed by atoms with Gasteiger partial charge in [0.2, 0.25) is 0 Å². The van der Waals surface area contributed by atoms with Gasteiger partial charge in [0, 0.05) is 11.8 Å². The monoisotopic (exact) mass is 312 g/mol. The van der Waals surface area contributed by atoms with Crippen molar-refractivity contribution in [3.8, 4) is 0 Å². The zero-order valence-electron chi connectivity index (χ0n) is 14.5. The van der Waals surface area contributed by atoms with Gasteiger partial charge in [-0.25, -0.2) is 0 Å². The van der Waals surface area contributed by atoms with Crippen LogP contribution in [0.2, 0.25) is 0 Å². The van der Waals surface area contributed by atoms with E-state index in [9.17, 15) is 4.79 Å². The first-order chi connectivity index (χ1) is 11.3. The largest absolute Gasteiger partial charge is 0.299 e. The highest BCUT2D eigenvalue weighted by atomic mass is 16.1. The Morgan fingerprint density at radius 3 is 1.78 bits per heavy atom. The van der Waals surface area contributed by atoms with Crippen LogP contribution in [-0.2, 0) is 11.2 Å². The second-order valence-electron chi connectivity index (χ2n) is 7.05. The first kappa shape index (κ1) is 18.0. The minimum Gasteiger partial charge on any atom is -0.299 e. The molecule has 0 bridgehead atoms. The first-order valence-corrected chi connectivity index (χ1v) is 9.50. The lowest BCUT2D eigenvalue weighted by Crippen LogP contribution is -2.27. The number of ketones is 1. The van der Waals surface area contributed by atoms with Crippen molar-refractivity contribution in [3.63, 3.8) is 0 Å². The molecule has 0 amide bonds. The minimum atomic E-state index is 0.451. The summed E-state index contributed by atoms with van der Waals surface area (Å²) in [5.74, 6) is 1.53. The van der Waals surface area contributed by atoms with Gasteiger partial charge in [0.25, 0.3) is 0 Å². The molecule has 0 atom stereocenters. The summed E-state index contributed by atoms with van der Waals surface area (Å²) in [5, 5.41) is 0. The quantitative estimate of drug-likeness (QED) is 0.611. The highest BCUT2D eigenvalue weighted by Crippen LogP contribution is 2.32. The van der Waals surface area contributed by atoms with Crippen LogP contribution in [0.1, 0.15) is 69.8 Å². The number of hydrogen-bond acceptors (Lipinski definition) is 1. The number of carbonyl (C=O) groups is 1. The molecule has 126 valence electrons. The van der Waals surface area contributed by atoms with Gasteiger partial charge in [0.1, 0.15) is 5.78 Å². The van der Waals surface area contributed by atoms with Crippen LogP contribution in [0, 0.1) is 11.8 Å². The Hall–Kier alpha value is -1.37. The van der Waals surface area contributed by atoms with E-state index in [1.54, 1.807) is 0 Å². The van der Waals surface area contributed by atoms with Crippen LogP contribution >= 0.6 is 0 Å². The number of carbonyl (C=O) groups excluding carboxylic acids is 1. The van der Waals surface area contributed by atoms with E-state index in [-0.39, 0.29) is 0 Å². The van der Waals surface area contributed by atoms with Gasteiger partial charge >= 0.3 is 0 Å². The molecule has 1 nitrogen and oxygen atoms in total. The summed E-state index contributed by atoms with van der Waals surface area (Å²) in [5.41, 5.74) is 1.33. The molecule has 23 heavy (non-hydrogen) atoms. The molecule has 1 aromatic carbocycles. The highest BCUT2D eigenvalue weighted by molar-refractivity contribution is 5.83. The maximum atomic E-state index is 12.2. The second-order valence-corrected chi connectivity index (χ2v) is 7.05. The molecular weight excluding hydrogens is 280 g/mol. The standard InChI is InChI=1S/C13H22O.C9H10/c14-13(11-7-3-1-4-8-11)12-9-5-2-6-10-12;1-2-6-9-7-4-3-5-8-9/h11-12H,1-10H2;2-5,7-8H,1,6H2. The molecular formula is C22H32O. The van der Waals surface area contributed by atoms with Crippen LogP contribution in [-0.4, -0.2) is 5.78 Å². The fourth-order valence-electron chi connectivity index (χ4n) is 3.89. The van der Waals surface area contributed by atoms with E-state index < -0.39 is 0 Å². The minimum absolute atomic E-state index is 0.451. The molecule has 0 radical (unpaired) electrons. The third-order valence-corrected chi connectivity index (χ3v) is 5.24. The Morgan fingerprint density at radius 1 is 0.870 bits per heavy atom. The Bertz CT molecular complexity index is 430.